The van der Waals surface area contributed by atoms with E-state index in [1.807, 2.05) is 6.92 Å². The van der Waals surface area contributed by atoms with E-state index in [0.29, 0.717) is 6.54 Å². The first-order valence-electron chi connectivity index (χ1n) is 4.73. The molecule has 13 heavy (non-hydrogen) atoms. The minimum atomic E-state index is -0.797. The molecule has 0 aliphatic carbocycles. The van der Waals surface area contributed by atoms with Crippen LogP contribution in [0.4, 0.5) is 0 Å². The van der Waals surface area contributed by atoms with Crippen molar-refractivity contribution in [3.05, 3.63) is 0 Å². The molecule has 4 heteroatoms. The van der Waals surface area contributed by atoms with Crippen LogP contribution < -0.4 is 0 Å². The average molecular weight is 187 g/mol. The van der Waals surface area contributed by atoms with Crippen LogP contribution in [0.25, 0.3) is 0 Å². The van der Waals surface area contributed by atoms with E-state index in [-0.39, 0.29) is 25.0 Å². The van der Waals surface area contributed by atoms with Gasteiger partial charge < -0.3 is 15.1 Å². The predicted octanol–water partition coefficient (Wildman–Crippen LogP) is -0.402. The summed E-state index contributed by atoms with van der Waals surface area (Å²) in [5, 5.41) is 17.8. The maximum Gasteiger partial charge on any atom is 0.225 e. The second kappa shape index (κ2) is 4.58. The largest absolute Gasteiger partial charge is 0.394 e. The Balaban J connectivity index is 2.44. The third kappa shape index (κ3) is 2.67. The lowest BCUT2D eigenvalue weighted by Gasteiger charge is -2.31. The summed E-state index contributed by atoms with van der Waals surface area (Å²) in [5.74, 6) is 0.165. The van der Waals surface area contributed by atoms with Crippen molar-refractivity contribution in [3.8, 4) is 0 Å². The van der Waals surface area contributed by atoms with E-state index in [1.165, 1.54) is 0 Å². The quantitative estimate of drug-likeness (QED) is 0.632. The van der Waals surface area contributed by atoms with E-state index < -0.39 is 6.10 Å². The van der Waals surface area contributed by atoms with Gasteiger partial charge in [-0.2, -0.15) is 0 Å². The summed E-state index contributed by atoms with van der Waals surface area (Å²) >= 11 is 0. The molecule has 2 unspecified atom stereocenters. The molecule has 0 aromatic carbocycles. The van der Waals surface area contributed by atoms with Crippen molar-refractivity contribution in [1.82, 2.24) is 4.90 Å². The Morgan fingerprint density at radius 2 is 2.38 bits per heavy atom. The number of hydrogen-bond acceptors (Lipinski definition) is 3. The number of amides is 1. The van der Waals surface area contributed by atoms with Crippen LogP contribution in [-0.2, 0) is 4.79 Å². The summed E-state index contributed by atoms with van der Waals surface area (Å²) in [4.78, 5) is 13.1. The van der Waals surface area contributed by atoms with Crippen LogP contribution in [-0.4, -0.2) is 46.8 Å². The van der Waals surface area contributed by atoms with Crippen LogP contribution in [0.3, 0.4) is 0 Å². The average Bonchev–Trinajstić information content (AvgIpc) is 2.13. The monoisotopic (exact) mass is 187 g/mol. The molecule has 1 aliphatic heterocycles. The summed E-state index contributed by atoms with van der Waals surface area (Å²) in [5.41, 5.74) is 0. The summed E-state index contributed by atoms with van der Waals surface area (Å²) in [6, 6.07) is 0. The lowest BCUT2D eigenvalue weighted by molar-refractivity contribution is -0.139. The van der Waals surface area contributed by atoms with Crippen molar-refractivity contribution in [1.29, 1.82) is 0 Å². The molecule has 2 N–H and O–H groups in total. The molecule has 0 saturated carbocycles. The topological polar surface area (TPSA) is 60.8 Å². The molecule has 1 saturated heterocycles. The first kappa shape index (κ1) is 10.5. The van der Waals surface area contributed by atoms with Crippen LogP contribution in [0.1, 0.15) is 19.8 Å². The number of aliphatic hydroxyl groups is 2. The molecule has 0 aromatic rings. The molecular formula is C9H17NO3. The van der Waals surface area contributed by atoms with Gasteiger partial charge in [0, 0.05) is 19.0 Å². The molecule has 76 valence electrons. The van der Waals surface area contributed by atoms with Gasteiger partial charge in [-0.3, -0.25) is 4.79 Å². The normalized spacial score (nSPS) is 26.2. The summed E-state index contributed by atoms with van der Waals surface area (Å²) in [7, 11) is 0. The Bertz CT molecular complexity index is 184. The molecule has 1 heterocycles. The number of likely N-dealkylation sites (tertiary alicyclic amines) is 1. The highest BCUT2D eigenvalue weighted by Crippen LogP contribution is 2.17. The van der Waals surface area contributed by atoms with Gasteiger partial charge in [-0.1, -0.05) is 6.92 Å². The highest BCUT2D eigenvalue weighted by Gasteiger charge is 2.26. The van der Waals surface area contributed by atoms with Gasteiger partial charge in [0.15, 0.2) is 0 Å². The SMILES string of the molecule is CC1CCCN(CC(O)CO)C1=O. The Kier molecular flexibility index (Phi) is 3.69. The van der Waals surface area contributed by atoms with Gasteiger partial charge in [0.25, 0.3) is 0 Å². The molecule has 1 rings (SSSR count). The molecule has 1 fully saturated rings. The highest BCUT2D eigenvalue weighted by molar-refractivity contribution is 5.79. The van der Waals surface area contributed by atoms with E-state index >= 15 is 0 Å². The zero-order valence-electron chi connectivity index (χ0n) is 7.94. The van der Waals surface area contributed by atoms with E-state index in [9.17, 15) is 9.90 Å². The van der Waals surface area contributed by atoms with Crippen molar-refractivity contribution in [3.63, 3.8) is 0 Å². The van der Waals surface area contributed by atoms with Gasteiger partial charge in [-0.05, 0) is 12.8 Å². The number of nitrogens with zero attached hydrogens (tertiary/aromatic N) is 1. The van der Waals surface area contributed by atoms with E-state index in [2.05, 4.69) is 0 Å². The van der Waals surface area contributed by atoms with Crippen molar-refractivity contribution in [2.45, 2.75) is 25.9 Å². The van der Waals surface area contributed by atoms with E-state index in [1.54, 1.807) is 4.90 Å². The van der Waals surface area contributed by atoms with Crippen LogP contribution in [0.2, 0.25) is 0 Å². The fourth-order valence-electron chi connectivity index (χ4n) is 1.63. The molecule has 0 radical (unpaired) electrons. The minimum absolute atomic E-state index is 0.0691. The van der Waals surface area contributed by atoms with Crippen molar-refractivity contribution in [2.24, 2.45) is 5.92 Å². The summed E-state index contributed by atoms with van der Waals surface area (Å²) in [6.45, 7) is 2.60. The van der Waals surface area contributed by atoms with Crippen molar-refractivity contribution >= 4 is 5.91 Å². The Morgan fingerprint density at radius 3 is 3.00 bits per heavy atom. The number of hydrogen-bond donors (Lipinski definition) is 2. The number of rotatable bonds is 3. The zero-order valence-corrected chi connectivity index (χ0v) is 7.94. The third-order valence-electron chi connectivity index (χ3n) is 2.44. The number of carbonyl (C=O) groups is 1. The molecule has 0 bridgehead atoms. The van der Waals surface area contributed by atoms with Gasteiger partial charge in [0.05, 0.1) is 12.7 Å². The van der Waals surface area contributed by atoms with Crippen molar-refractivity contribution < 1.29 is 15.0 Å². The summed E-state index contributed by atoms with van der Waals surface area (Å²) in [6.07, 6.45) is 1.13. The predicted molar refractivity (Wildman–Crippen MR) is 48.1 cm³/mol. The first-order valence-corrected chi connectivity index (χ1v) is 4.73. The second-order valence-corrected chi connectivity index (χ2v) is 3.66. The van der Waals surface area contributed by atoms with E-state index in [0.717, 1.165) is 12.8 Å². The number of aliphatic hydroxyl groups excluding tert-OH is 2. The highest BCUT2D eigenvalue weighted by atomic mass is 16.3. The Labute approximate surface area is 78.2 Å². The first-order chi connectivity index (χ1) is 6.15. The lowest BCUT2D eigenvalue weighted by atomic mass is 9.99. The molecule has 0 aromatic heterocycles. The fourth-order valence-corrected chi connectivity index (χ4v) is 1.63. The standard InChI is InChI=1S/C9H17NO3/c1-7-3-2-4-10(9(7)13)5-8(12)6-11/h7-8,11-12H,2-6H2,1H3. The van der Waals surface area contributed by atoms with Gasteiger partial charge >= 0.3 is 0 Å². The van der Waals surface area contributed by atoms with Gasteiger partial charge in [0.2, 0.25) is 5.91 Å². The van der Waals surface area contributed by atoms with Gasteiger partial charge in [-0.15, -0.1) is 0 Å². The second-order valence-electron chi connectivity index (χ2n) is 3.66. The Hall–Kier alpha value is -0.610. The fraction of sp³-hybridized carbons (Fsp3) is 0.889. The third-order valence-corrected chi connectivity index (χ3v) is 2.44. The number of carbonyl (C=O) groups excluding carboxylic acids is 1. The number of β-amino-alcohol motifs (C(OH)–C–C–N with tert-alkyl or cyclic N) is 1. The van der Waals surface area contributed by atoms with E-state index in [4.69, 9.17) is 5.11 Å². The van der Waals surface area contributed by atoms with Crippen LogP contribution in [0.5, 0.6) is 0 Å². The molecular weight excluding hydrogens is 170 g/mol. The van der Waals surface area contributed by atoms with Gasteiger partial charge in [0.1, 0.15) is 0 Å². The molecule has 1 amide bonds. The molecule has 2 atom stereocenters. The molecule has 1 aliphatic rings. The maximum absolute atomic E-state index is 11.5. The molecule has 0 spiro atoms. The van der Waals surface area contributed by atoms with Crippen LogP contribution >= 0.6 is 0 Å². The van der Waals surface area contributed by atoms with Crippen LogP contribution in [0.15, 0.2) is 0 Å². The molecule has 4 nitrogen and oxygen atoms in total. The Morgan fingerprint density at radius 1 is 1.69 bits per heavy atom. The van der Waals surface area contributed by atoms with Gasteiger partial charge in [-0.25, -0.2) is 0 Å². The summed E-state index contributed by atoms with van der Waals surface area (Å²) < 4.78 is 0. The minimum Gasteiger partial charge on any atom is -0.394 e. The maximum atomic E-state index is 11.5. The van der Waals surface area contributed by atoms with Crippen molar-refractivity contribution in [2.75, 3.05) is 19.7 Å². The smallest absolute Gasteiger partial charge is 0.225 e. The zero-order chi connectivity index (χ0) is 9.84. The van der Waals surface area contributed by atoms with Crippen LogP contribution in [0, 0.1) is 5.92 Å². The lowest BCUT2D eigenvalue weighted by Crippen LogP contribution is -2.44. The number of piperidine rings is 1.